The first-order valence-electron chi connectivity index (χ1n) is 11.0. The Morgan fingerprint density at radius 1 is 0.545 bits per heavy atom. The van der Waals surface area contributed by atoms with Crippen molar-refractivity contribution in [3.05, 3.63) is 131 Å². The first-order valence-corrected chi connectivity index (χ1v) is 11.0. The van der Waals surface area contributed by atoms with E-state index in [1.165, 1.54) is 0 Å². The highest BCUT2D eigenvalue weighted by Gasteiger charge is 2.11. The van der Waals surface area contributed by atoms with Crippen molar-refractivity contribution >= 4 is 23.2 Å². The zero-order chi connectivity index (χ0) is 22.9. The molecule has 0 aromatic heterocycles. The summed E-state index contributed by atoms with van der Waals surface area (Å²) in [7, 11) is 0. The first kappa shape index (κ1) is 22.0. The van der Waals surface area contributed by atoms with E-state index in [0.717, 1.165) is 40.9 Å². The molecule has 33 heavy (non-hydrogen) atoms. The molecule has 0 unspecified atom stereocenters. The number of aryl methyl sites for hydroxylation is 2. The van der Waals surface area contributed by atoms with Crippen molar-refractivity contribution in [1.29, 1.82) is 0 Å². The van der Waals surface area contributed by atoms with Crippen molar-refractivity contribution in [3.8, 4) is 0 Å². The van der Waals surface area contributed by atoms with Crippen LogP contribution >= 0.6 is 0 Å². The average molecular weight is 435 g/mol. The van der Waals surface area contributed by atoms with Crippen molar-refractivity contribution in [2.24, 2.45) is 0 Å². The quantitative estimate of drug-likeness (QED) is 0.362. The lowest BCUT2D eigenvalue weighted by molar-refractivity contribution is -0.115. The van der Waals surface area contributed by atoms with E-state index >= 15 is 0 Å². The molecule has 0 heterocycles. The van der Waals surface area contributed by atoms with E-state index in [9.17, 15) is 9.59 Å². The molecule has 0 saturated carbocycles. The summed E-state index contributed by atoms with van der Waals surface area (Å²) in [6.07, 6.45) is 1.81. The minimum Gasteiger partial charge on any atom is -0.326 e. The van der Waals surface area contributed by atoms with Crippen LogP contribution in [0.15, 0.2) is 109 Å². The Labute approximate surface area is 194 Å². The first-order chi connectivity index (χ1) is 16.2. The number of benzene rings is 4. The van der Waals surface area contributed by atoms with Gasteiger partial charge < -0.3 is 10.6 Å². The molecule has 0 aliphatic rings. The van der Waals surface area contributed by atoms with E-state index in [-0.39, 0.29) is 11.8 Å². The summed E-state index contributed by atoms with van der Waals surface area (Å²) in [6.45, 7) is 0. The molecule has 0 aliphatic carbocycles. The third-order valence-corrected chi connectivity index (χ3v) is 5.46. The molecule has 0 saturated heterocycles. The van der Waals surface area contributed by atoms with Crippen LogP contribution in [0.2, 0.25) is 0 Å². The number of rotatable bonds is 8. The summed E-state index contributed by atoms with van der Waals surface area (Å²) >= 11 is 0. The van der Waals surface area contributed by atoms with Crippen molar-refractivity contribution in [1.82, 2.24) is 0 Å². The smallest absolute Gasteiger partial charge is 0.255 e. The topological polar surface area (TPSA) is 58.2 Å². The number of hydrogen-bond donors (Lipinski definition) is 2. The summed E-state index contributed by atoms with van der Waals surface area (Å²) in [5.41, 5.74) is 5.34. The number of carbonyl (C=O) groups excluding carboxylic acids is 2. The van der Waals surface area contributed by atoms with E-state index in [0.29, 0.717) is 12.0 Å². The van der Waals surface area contributed by atoms with Crippen LogP contribution in [0.1, 0.15) is 27.0 Å². The van der Waals surface area contributed by atoms with Gasteiger partial charge in [0.25, 0.3) is 5.91 Å². The number of nitrogens with one attached hydrogen (secondary N) is 2. The van der Waals surface area contributed by atoms with E-state index < -0.39 is 0 Å². The van der Waals surface area contributed by atoms with Crippen LogP contribution in [0.3, 0.4) is 0 Å². The zero-order valence-electron chi connectivity index (χ0n) is 18.3. The van der Waals surface area contributed by atoms with Crippen molar-refractivity contribution < 1.29 is 9.59 Å². The Morgan fingerprint density at radius 3 is 1.64 bits per heavy atom. The molecular formula is C29H26N2O2. The second kappa shape index (κ2) is 10.9. The second-order valence-electron chi connectivity index (χ2n) is 7.84. The summed E-state index contributed by atoms with van der Waals surface area (Å²) in [6, 6.07) is 34.6. The Kier molecular flexibility index (Phi) is 7.29. The van der Waals surface area contributed by atoms with Gasteiger partial charge in [0.2, 0.25) is 5.91 Å². The van der Waals surface area contributed by atoms with Crippen LogP contribution in [-0.2, 0) is 24.1 Å². The van der Waals surface area contributed by atoms with Crippen LogP contribution in [-0.4, -0.2) is 11.8 Å². The summed E-state index contributed by atoms with van der Waals surface area (Å²) in [5, 5.41) is 6.08. The van der Waals surface area contributed by atoms with Gasteiger partial charge in [-0.15, -0.1) is 0 Å². The van der Waals surface area contributed by atoms with Gasteiger partial charge in [-0.05, 0) is 53.8 Å². The fourth-order valence-corrected chi connectivity index (χ4v) is 3.75. The summed E-state index contributed by atoms with van der Waals surface area (Å²) < 4.78 is 0. The maximum atomic E-state index is 12.6. The molecule has 0 radical (unpaired) electrons. The van der Waals surface area contributed by atoms with Crippen LogP contribution in [0.5, 0.6) is 0 Å². The standard InChI is InChI=1S/C29H26N2O2/c32-28(21-22-11-3-1-4-12-22)30-26-17-9-7-13-23(26)19-20-24-14-8-10-18-27(24)31-29(33)25-15-5-2-6-16-25/h1-18H,19-21H2,(H,30,32)(H,31,33). The van der Waals surface area contributed by atoms with E-state index in [2.05, 4.69) is 10.6 Å². The van der Waals surface area contributed by atoms with Gasteiger partial charge in [0.15, 0.2) is 0 Å². The molecule has 2 amide bonds. The molecule has 0 bridgehead atoms. The van der Waals surface area contributed by atoms with Gasteiger partial charge in [0, 0.05) is 16.9 Å². The second-order valence-corrected chi connectivity index (χ2v) is 7.84. The van der Waals surface area contributed by atoms with Crippen molar-refractivity contribution in [2.45, 2.75) is 19.3 Å². The van der Waals surface area contributed by atoms with Gasteiger partial charge >= 0.3 is 0 Å². The molecule has 4 nitrogen and oxygen atoms in total. The minimum atomic E-state index is -0.128. The van der Waals surface area contributed by atoms with E-state index in [1.807, 2.05) is 97.1 Å². The van der Waals surface area contributed by atoms with Gasteiger partial charge in [-0.3, -0.25) is 9.59 Å². The van der Waals surface area contributed by atoms with Crippen molar-refractivity contribution in [3.63, 3.8) is 0 Å². The molecular weight excluding hydrogens is 408 g/mol. The maximum Gasteiger partial charge on any atom is 0.255 e. The van der Waals surface area contributed by atoms with Gasteiger partial charge in [-0.2, -0.15) is 0 Å². The normalized spacial score (nSPS) is 10.4. The molecule has 4 rings (SSSR count). The van der Waals surface area contributed by atoms with Gasteiger partial charge in [0.05, 0.1) is 6.42 Å². The zero-order valence-corrected chi connectivity index (χ0v) is 18.3. The molecule has 4 aromatic rings. The van der Waals surface area contributed by atoms with Gasteiger partial charge in [0.1, 0.15) is 0 Å². The van der Waals surface area contributed by atoms with Crippen LogP contribution in [0, 0.1) is 0 Å². The molecule has 2 N–H and O–H groups in total. The number of hydrogen-bond acceptors (Lipinski definition) is 2. The monoisotopic (exact) mass is 434 g/mol. The molecule has 0 atom stereocenters. The Morgan fingerprint density at radius 2 is 1.03 bits per heavy atom. The number of carbonyl (C=O) groups is 2. The number of amides is 2. The number of anilines is 2. The van der Waals surface area contributed by atoms with Crippen LogP contribution in [0.4, 0.5) is 11.4 Å². The fourth-order valence-electron chi connectivity index (χ4n) is 3.75. The van der Waals surface area contributed by atoms with E-state index in [4.69, 9.17) is 0 Å². The Balaban J connectivity index is 1.43. The molecule has 0 fully saturated rings. The summed E-state index contributed by atoms with van der Waals surface area (Å²) in [4.78, 5) is 25.2. The third kappa shape index (κ3) is 6.17. The Bertz CT molecular complexity index is 1220. The molecule has 0 spiro atoms. The van der Waals surface area contributed by atoms with Crippen LogP contribution < -0.4 is 10.6 Å². The third-order valence-electron chi connectivity index (χ3n) is 5.46. The van der Waals surface area contributed by atoms with Crippen LogP contribution in [0.25, 0.3) is 0 Å². The maximum absolute atomic E-state index is 12.6. The van der Waals surface area contributed by atoms with Crippen molar-refractivity contribution in [2.75, 3.05) is 10.6 Å². The predicted octanol–water partition coefficient (Wildman–Crippen LogP) is 5.91. The van der Waals surface area contributed by atoms with E-state index in [1.54, 1.807) is 12.1 Å². The highest BCUT2D eigenvalue weighted by atomic mass is 16.2. The highest BCUT2D eigenvalue weighted by molar-refractivity contribution is 6.04. The predicted molar refractivity (Wildman–Crippen MR) is 133 cm³/mol. The summed E-state index contributed by atoms with van der Waals surface area (Å²) in [5.74, 6) is -0.166. The molecule has 4 aromatic carbocycles. The fraction of sp³-hybridized carbons (Fsp3) is 0.103. The average Bonchev–Trinajstić information content (AvgIpc) is 2.85. The lowest BCUT2D eigenvalue weighted by atomic mass is 10.0. The molecule has 0 aliphatic heterocycles. The Hall–Kier alpha value is -4.18. The molecule has 164 valence electrons. The SMILES string of the molecule is O=C(Cc1ccccc1)Nc1ccccc1CCc1ccccc1NC(=O)c1ccccc1. The molecule has 4 heteroatoms. The lowest BCUT2D eigenvalue weighted by Gasteiger charge is -2.14. The lowest BCUT2D eigenvalue weighted by Crippen LogP contribution is -2.16. The largest absolute Gasteiger partial charge is 0.326 e. The number of para-hydroxylation sites is 2. The van der Waals surface area contributed by atoms with Gasteiger partial charge in [-0.25, -0.2) is 0 Å². The highest BCUT2D eigenvalue weighted by Crippen LogP contribution is 2.22. The minimum absolute atomic E-state index is 0.0378. The van der Waals surface area contributed by atoms with Gasteiger partial charge in [-0.1, -0.05) is 84.9 Å².